The molecular weight excluding hydrogens is 487 g/mol. The normalized spacial score (nSPS) is 30.6. The van der Waals surface area contributed by atoms with Crippen molar-refractivity contribution in [3.05, 3.63) is 35.1 Å². The smallest absolute Gasteiger partial charge is 0.446 e. The third-order valence-corrected chi connectivity index (χ3v) is 7.59. The molecule has 2 bridgehead atoms. The van der Waals surface area contributed by atoms with E-state index in [1.54, 1.807) is 12.1 Å². The van der Waals surface area contributed by atoms with Gasteiger partial charge in [-0.15, -0.1) is 0 Å². The average Bonchev–Trinajstić information content (AvgIpc) is 3.15. The first-order valence-corrected chi connectivity index (χ1v) is 11.4. The van der Waals surface area contributed by atoms with Gasteiger partial charge < -0.3 is 29.7 Å². The number of hydrogen-bond acceptors (Lipinski definition) is 8. The van der Waals surface area contributed by atoms with E-state index < -0.39 is 47.4 Å². The summed E-state index contributed by atoms with van der Waals surface area (Å²) in [5, 5.41) is 31.4. The highest BCUT2D eigenvalue weighted by Gasteiger charge is 2.72. The minimum Gasteiger partial charge on any atom is -0.504 e. The number of carboxylic acid groups (broad SMARTS) is 1. The molecule has 1 saturated heterocycles. The lowest BCUT2D eigenvalue weighted by molar-refractivity contribution is -0.171. The molecule has 0 radical (unpaired) electrons. The van der Waals surface area contributed by atoms with E-state index in [0.29, 0.717) is 18.6 Å². The molecule has 36 heavy (non-hydrogen) atoms. The van der Waals surface area contributed by atoms with Gasteiger partial charge in [-0.05, 0) is 44.1 Å². The largest absolute Gasteiger partial charge is 0.504 e. The third-order valence-electron chi connectivity index (χ3n) is 7.59. The van der Waals surface area contributed by atoms with Crippen LogP contribution in [0.1, 0.15) is 37.3 Å². The number of likely N-dealkylation sites (tertiary alicyclic amines) is 1. The van der Waals surface area contributed by atoms with Crippen molar-refractivity contribution in [2.24, 2.45) is 5.92 Å². The fourth-order valence-corrected chi connectivity index (χ4v) is 6.00. The number of carbonyl (C=O) groups excluding carboxylic acids is 2. The number of ether oxygens (including phenoxy) is 2. The van der Waals surface area contributed by atoms with Gasteiger partial charge in [0.05, 0.1) is 23.4 Å². The summed E-state index contributed by atoms with van der Waals surface area (Å²) in [4.78, 5) is 34.4. The van der Waals surface area contributed by atoms with Crippen molar-refractivity contribution >= 4 is 18.2 Å². The molecule has 0 amide bonds. The number of carbonyl (C=O) groups is 3. The minimum absolute atomic E-state index is 0.00201. The summed E-state index contributed by atoms with van der Waals surface area (Å²) in [6, 6.07) is 3.36. The number of aliphatic carboxylic acids is 1. The van der Waals surface area contributed by atoms with E-state index in [9.17, 15) is 33.0 Å². The van der Waals surface area contributed by atoms with Crippen molar-refractivity contribution < 1.29 is 52.3 Å². The van der Waals surface area contributed by atoms with Crippen LogP contribution in [0.15, 0.2) is 24.0 Å². The second kappa shape index (κ2) is 8.77. The maximum Gasteiger partial charge on any atom is 0.446 e. The number of aldehydes is 1. The Morgan fingerprint density at radius 2 is 2.03 bits per heavy atom. The molecule has 1 spiro atoms. The van der Waals surface area contributed by atoms with Crippen LogP contribution in [0.5, 0.6) is 11.5 Å². The highest BCUT2D eigenvalue weighted by Crippen LogP contribution is 2.65. The van der Waals surface area contributed by atoms with Crippen LogP contribution in [0.2, 0.25) is 0 Å². The Morgan fingerprint density at radius 1 is 1.36 bits per heavy atom. The zero-order valence-electron chi connectivity index (χ0n) is 19.5. The monoisotopic (exact) mass is 513 g/mol. The van der Waals surface area contributed by atoms with Crippen molar-refractivity contribution in [2.45, 2.75) is 61.9 Å². The third kappa shape index (κ3) is 3.92. The molecular formula is C24H26F3NO8. The number of alkyl halides is 3. The van der Waals surface area contributed by atoms with E-state index in [2.05, 4.69) is 4.90 Å². The second-order valence-electron chi connectivity index (χ2n) is 9.68. The molecule has 0 unspecified atom stereocenters. The fraction of sp³-hybridized carbons (Fsp3) is 0.542. The van der Waals surface area contributed by atoms with Gasteiger partial charge in [0.15, 0.2) is 17.6 Å². The molecule has 12 heteroatoms. The van der Waals surface area contributed by atoms with Gasteiger partial charge in [0.2, 0.25) is 6.29 Å². The number of carboxylic acids is 1. The molecule has 196 valence electrons. The van der Waals surface area contributed by atoms with Crippen molar-refractivity contribution in [2.75, 3.05) is 13.6 Å². The molecule has 1 aromatic rings. The molecule has 2 aliphatic carbocycles. The van der Waals surface area contributed by atoms with E-state index in [1.807, 2.05) is 13.1 Å². The van der Waals surface area contributed by atoms with Crippen LogP contribution in [-0.2, 0) is 31.0 Å². The highest BCUT2D eigenvalue weighted by atomic mass is 19.4. The number of likely N-dealkylation sites (N-methyl/N-ethyl adjacent to an activating group) is 1. The maximum absolute atomic E-state index is 12.5. The summed E-state index contributed by atoms with van der Waals surface area (Å²) in [6.07, 6.45) is -3.58. The molecule has 3 N–H and O–H groups in total. The van der Waals surface area contributed by atoms with Crippen LogP contribution < -0.4 is 4.74 Å². The standard InChI is InChI=1S/C22H25NO7.C2HF3O/c1-11(9-16(25)26)20(27)29-14-5-6-22(28)15-10-12-3-4-13(24)18-17(12)21(22,19(14)30-18)7-8-23(15)2;3-2(4,5)1-6/h3-5,11,15,19,24,28H,6-10H2,1-2H3,(H,25,26);1H/t11-,15+,19-,21-,22+;/m0./s1. The zero-order valence-corrected chi connectivity index (χ0v) is 19.5. The van der Waals surface area contributed by atoms with Gasteiger partial charge in [0.1, 0.15) is 5.76 Å². The molecule has 1 aromatic carbocycles. The van der Waals surface area contributed by atoms with Crippen molar-refractivity contribution in [1.82, 2.24) is 4.90 Å². The Morgan fingerprint density at radius 3 is 2.64 bits per heavy atom. The molecule has 1 fully saturated rings. The lowest BCUT2D eigenvalue weighted by Gasteiger charge is -2.61. The quantitative estimate of drug-likeness (QED) is 0.409. The average molecular weight is 513 g/mol. The van der Waals surface area contributed by atoms with E-state index in [4.69, 9.17) is 19.4 Å². The number of phenols is 1. The number of benzene rings is 1. The Bertz CT molecular complexity index is 1140. The molecule has 9 nitrogen and oxygen atoms in total. The van der Waals surface area contributed by atoms with Crippen LogP contribution in [0.3, 0.4) is 0 Å². The second-order valence-corrected chi connectivity index (χ2v) is 9.68. The summed E-state index contributed by atoms with van der Waals surface area (Å²) < 4.78 is 43.1. The number of esters is 1. The van der Waals surface area contributed by atoms with Crippen molar-refractivity contribution in [3.8, 4) is 11.5 Å². The fourth-order valence-electron chi connectivity index (χ4n) is 6.00. The summed E-state index contributed by atoms with van der Waals surface area (Å²) >= 11 is 0. The molecule has 2 aliphatic heterocycles. The Balaban J connectivity index is 0.000000455. The van der Waals surface area contributed by atoms with Crippen molar-refractivity contribution in [3.63, 3.8) is 0 Å². The number of piperidine rings is 1. The van der Waals surface area contributed by atoms with Crippen LogP contribution in [0, 0.1) is 5.92 Å². The molecule has 5 rings (SSSR count). The van der Waals surface area contributed by atoms with Gasteiger partial charge in [-0.3, -0.25) is 14.4 Å². The molecule has 5 atom stereocenters. The summed E-state index contributed by atoms with van der Waals surface area (Å²) in [7, 11) is 2.00. The summed E-state index contributed by atoms with van der Waals surface area (Å²) in [5.41, 5.74) is -0.108. The van der Waals surface area contributed by atoms with Gasteiger partial charge in [-0.2, -0.15) is 13.2 Å². The van der Waals surface area contributed by atoms with Crippen molar-refractivity contribution in [1.29, 1.82) is 0 Å². The number of rotatable bonds is 4. The number of phenolic OH excluding ortho intramolecular Hbond substituents is 1. The Kier molecular flexibility index (Phi) is 6.32. The first kappa shape index (κ1) is 26.0. The predicted octanol–water partition coefficient (Wildman–Crippen LogP) is 2.07. The van der Waals surface area contributed by atoms with Crippen LogP contribution in [-0.4, -0.2) is 76.0 Å². The molecule has 0 aromatic heterocycles. The molecule has 4 aliphatic rings. The predicted molar refractivity (Wildman–Crippen MR) is 116 cm³/mol. The topological polar surface area (TPSA) is 134 Å². The lowest BCUT2D eigenvalue weighted by atomic mass is 9.50. The number of aromatic hydroxyl groups is 1. The maximum atomic E-state index is 12.5. The Hall–Kier alpha value is -3.12. The first-order valence-electron chi connectivity index (χ1n) is 11.4. The van der Waals surface area contributed by atoms with Gasteiger partial charge in [-0.25, -0.2) is 0 Å². The number of nitrogens with zero attached hydrogens (tertiary/aromatic N) is 1. The minimum atomic E-state index is -4.64. The lowest BCUT2D eigenvalue weighted by Crippen LogP contribution is -2.74. The number of hydrogen-bond donors (Lipinski definition) is 3. The number of aliphatic hydroxyl groups is 1. The van der Waals surface area contributed by atoms with E-state index in [0.717, 1.165) is 17.7 Å². The van der Waals surface area contributed by atoms with Gasteiger partial charge in [-0.1, -0.05) is 13.0 Å². The SMILES string of the molecule is C[C@@H](CC(=O)O)C(=O)OC1=CC[C@@]2(O)[C@H]3Cc4ccc(O)c5c4[C@@]2(CCN3C)[C@H]1O5.O=CC(F)(F)F. The van der Waals surface area contributed by atoms with Crippen LogP contribution in [0.25, 0.3) is 0 Å². The molecule has 0 saturated carbocycles. The van der Waals surface area contributed by atoms with Crippen LogP contribution in [0.4, 0.5) is 13.2 Å². The highest BCUT2D eigenvalue weighted by molar-refractivity contribution is 5.79. The summed E-state index contributed by atoms with van der Waals surface area (Å²) in [6.45, 7) is 2.24. The van der Waals surface area contributed by atoms with E-state index in [-0.39, 0.29) is 30.4 Å². The van der Waals surface area contributed by atoms with Gasteiger partial charge in [0, 0.05) is 18.0 Å². The van der Waals surface area contributed by atoms with E-state index >= 15 is 0 Å². The van der Waals surface area contributed by atoms with Crippen LogP contribution >= 0.6 is 0 Å². The first-order chi connectivity index (χ1) is 16.7. The van der Waals surface area contributed by atoms with Gasteiger partial charge >= 0.3 is 18.1 Å². The zero-order chi connectivity index (χ0) is 26.6. The Labute approximate surface area is 204 Å². The number of halogens is 3. The summed E-state index contributed by atoms with van der Waals surface area (Å²) in [5.74, 6) is -1.90. The van der Waals surface area contributed by atoms with Gasteiger partial charge in [0.25, 0.3) is 0 Å². The molecule has 2 heterocycles. The van der Waals surface area contributed by atoms with E-state index in [1.165, 1.54) is 6.92 Å².